The van der Waals surface area contributed by atoms with Gasteiger partial charge >= 0.3 is 6.03 Å². The summed E-state index contributed by atoms with van der Waals surface area (Å²) in [5.41, 5.74) is 0. The van der Waals surface area contributed by atoms with Gasteiger partial charge in [-0.25, -0.2) is 4.79 Å². The van der Waals surface area contributed by atoms with Crippen LogP contribution in [0.1, 0.15) is 31.2 Å². The second-order valence-electron chi connectivity index (χ2n) is 2.98. The van der Waals surface area contributed by atoms with E-state index in [2.05, 4.69) is 17.6 Å². The quantitative estimate of drug-likeness (QED) is 0.791. The molecular formula is C10H16N2OS. The number of carbonyl (C=O) groups excluding carboxylic acids is 1. The highest BCUT2D eigenvalue weighted by Gasteiger charge is 2.12. The third-order valence-corrected chi connectivity index (χ3v) is 2.92. The fourth-order valence-corrected chi connectivity index (χ4v) is 2.10. The molecule has 4 heteroatoms. The van der Waals surface area contributed by atoms with Crippen molar-refractivity contribution in [1.82, 2.24) is 10.6 Å². The maximum atomic E-state index is 11.3. The molecule has 78 valence electrons. The third-order valence-electron chi connectivity index (χ3n) is 1.94. The average Bonchev–Trinajstić information content (AvgIpc) is 2.67. The molecule has 1 rings (SSSR count). The molecule has 0 fully saturated rings. The molecule has 1 aromatic rings. The lowest BCUT2D eigenvalue weighted by atomic mass is 10.2. The maximum absolute atomic E-state index is 11.3. The van der Waals surface area contributed by atoms with Crippen molar-refractivity contribution in [3.05, 3.63) is 22.4 Å². The van der Waals surface area contributed by atoms with E-state index in [1.54, 1.807) is 11.3 Å². The molecule has 1 atom stereocenters. The van der Waals surface area contributed by atoms with Gasteiger partial charge in [0.15, 0.2) is 0 Å². The molecule has 14 heavy (non-hydrogen) atoms. The van der Waals surface area contributed by atoms with E-state index in [4.69, 9.17) is 0 Å². The van der Waals surface area contributed by atoms with Gasteiger partial charge in [0.05, 0.1) is 6.04 Å². The first-order valence-electron chi connectivity index (χ1n) is 4.85. The Kier molecular flexibility index (Phi) is 4.46. The standard InChI is InChI=1S/C10H16N2OS/c1-3-8(9-6-5-7-14-9)12-10(13)11-4-2/h5-8H,3-4H2,1-2H3,(H2,11,12,13). The lowest BCUT2D eigenvalue weighted by molar-refractivity contribution is 0.237. The van der Waals surface area contributed by atoms with Gasteiger partial charge in [0, 0.05) is 11.4 Å². The van der Waals surface area contributed by atoms with Crippen molar-refractivity contribution < 1.29 is 4.79 Å². The number of thiophene rings is 1. The molecule has 0 aliphatic carbocycles. The van der Waals surface area contributed by atoms with Gasteiger partial charge in [-0.3, -0.25) is 0 Å². The molecule has 0 spiro atoms. The molecular weight excluding hydrogens is 196 g/mol. The van der Waals surface area contributed by atoms with E-state index in [-0.39, 0.29) is 12.1 Å². The summed E-state index contributed by atoms with van der Waals surface area (Å²) in [6.07, 6.45) is 0.914. The summed E-state index contributed by atoms with van der Waals surface area (Å²) in [6, 6.07) is 4.10. The molecule has 1 unspecified atom stereocenters. The van der Waals surface area contributed by atoms with E-state index < -0.39 is 0 Å². The van der Waals surface area contributed by atoms with E-state index in [1.807, 2.05) is 24.4 Å². The molecule has 0 saturated heterocycles. The van der Waals surface area contributed by atoms with Crippen LogP contribution in [0.4, 0.5) is 4.79 Å². The van der Waals surface area contributed by atoms with E-state index in [0.29, 0.717) is 6.54 Å². The van der Waals surface area contributed by atoms with Crippen molar-refractivity contribution in [2.75, 3.05) is 6.54 Å². The van der Waals surface area contributed by atoms with Gasteiger partial charge in [-0.15, -0.1) is 11.3 Å². The first-order valence-corrected chi connectivity index (χ1v) is 5.73. The average molecular weight is 212 g/mol. The first kappa shape index (κ1) is 11.0. The number of hydrogen-bond donors (Lipinski definition) is 2. The van der Waals surface area contributed by atoms with Gasteiger partial charge < -0.3 is 10.6 Å². The first-order chi connectivity index (χ1) is 6.77. The number of urea groups is 1. The predicted molar refractivity (Wildman–Crippen MR) is 59.6 cm³/mol. The summed E-state index contributed by atoms with van der Waals surface area (Å²) >= 11 is 1.67. The summed E-state index contributed by atoms with van der Waals surface area (Å²) in [4.78, 5) is 12.5. The normalized spacial score (nSPS) is 12.1. The van der Waals surface area contributed by atoms with Crippen molar-refractivity contribution in [3.63, 3.8) is 0 Å². The second kappa shape index (κ2) is 5.65. The van der Waals surface area contributed by atoms with Crippen LogP contribution in [0.2, 0.25) is 0 Å². The zero-order valence-electron chi connectivity index (χ0n) is 8.54. The van der Waals surface area contributed by atoms with Crippen LogP contribution in [-0.2, 0) is 0 Å². The Morgan fingerprint density at radius 3 is 2.86 bits per heavy atom. The molecule has 0 aromatic carbocycles. The minimum atomic E-state index is -0.0900. The SMILES string of the molecule is CCNC(=O)NC(CC)c1cccs1. The van der Waals surface area contributed by atoms with E-state index in [1.165, 1.54) is 4.88 Å². The largest absolute Gasteiger partial charge is 0.338 e. The number of rotatable bonds is 4. The molecule has 0 aliphatic rings. The molecule has 0 bridgehead atoms. The van der Waals surface area contributed by atoms with Crippen molar-refractivity contribution in [2.45, 2.75) is 26.3 Å². The van der Waals surface area contributed by atoms with Gasteiger partial charge in [-0.05, 0) is 24.8 Å². The highest BCUT2D eigenvalue weighted by molar-refractivity contribution is 7.10. The number of amides is 2. The lowest BCUT2D eigenvalue weighted by Gasteiger charge is -2.15. The summed E-state index contributed by atoms with van der Waals surface area (Å²) < 4.78 is 0. The Bertz CT molecular complexity index is 272. The fourth-order valence-electron chi connectivity index (χ4n) is 1.23. The molecule has 2 amide bonds. The van der Waals surface area contributed by atoms with E-state index in [9.17, 15) is 4.79 Å². The van der Waals surface area contributed by atoms with Gasteiger partial charge in [-0.2, -0.15) is 0 Å². The summed E-state index contributed by atoms with van der Waals surface area (Å²) in [7, 11) is 0. The van der Waals surface area contributed by atoms with Gasteiger partial charge in [0.25, 0.3) is 0 Å². The third kappa shape index (κ3) is 3.03. The Balaban J connectivity index is 2.51. The topological polar surface area (TPSA) is 41.1 Å². The van der Waals surface area contributed by atoms with Crippen LogP contribution in [0.25, 0.3) is 0 Å². The second-order valence-corrected chi connectivity index (χ2v) is 3.96. The van der Waals surface area contributed by atoms with Crippen LogP contribution >= 0.6 is 11.3 Å². The molecule has 2 N–H and O–H groups in total. The minimum absolute atomic E-state index is 0.0900. The van der Waals surface area contributed by atoms with Crippen molar-refractivity contribution >= 4 is 17.4 Å². The van der Waals surface area contributed by atoms with Crippen molar-refractivity contribution in [3.8, 4) is 0 Å². The molecule has 0 aliphatic heterocycles. The van der Waals surface area contributed by atoms with Crippen LogP contribution in [0, 0.1) is 0 Å². The van der Waals surface area contributed by atoms with E-state index >= 15 is 0 Å². The highest BCUT2D eigenvalue weighted by atomic mass is 32.1. The molecule has 0 saturated carbocycles. The van der Waals surface area contributed by atoms with Crippen LogP contribution < -0.4 is 10.6 Å². The molecule has 1 aromatic heterocycles. The Labute approximate surface area is 88.5 Å². The lowest BCUT2D eigenvalue weighted by Crippen LogP contribution is -2.37. The van der Waals surface area contributed by atoms with E-state index in [0.717, 1.165) is 6.42 Å². The minimum Gasteiger partial charge on any atom is -0.338 e. The zero-order chi connectivity index (χ0) is 10.4. The van der Waals surface area contributed by atoms with Crippen LogP contribution in [0.3, 0.4) is 0 Å². The highest BCUT2D eigenvalue weighted by Crippen LogP contribution is 2.21. The Morgan fingerprint density at radius 2 is 2.36 bits per heavy atom. The van der Waals surface area contributed by atoms with Gasteiger partial charge in [0.1, 0.15) is 0 Å². The summed E-state index contributed by atoms with van der Waals surface area (Å²) in [5, 5.41) is 7.68. The summed E-state index contributed by atoms with van der Waals surface area (Å²) in [5.74, 6) is 0. The molecule has 3 nitrogen and oxygen atoms in total. The Morgan fingerprint density at radius 1 is 1.57 bits per heavy atom. The predicted octanol–water partition coefficient (Wildman–Crippen LogP) is 2.52. The summed E-state index contributed by atoms with van der Waals surface area (Å²) in [6.45, 7) is 4.63. The Hall–Kier alpha value is -1.03. The molecule has 0 radical (unpaired) electrons. The van der Waals surface area contributed by atoms with Crippen molar-refractivity contribution in [1.29, 1.82) is 0 Å². The number of hydrogen-bond acceptors (Lipinski definition) is 2. The monoisotopic (exact) mass is 212 g/mol. The van der Waals surface area contributed by atoms with Crippen LogP contribution in [0.5, 0.6) is 0 Å². The number of carbonyl (C=O) groups is 1. The number of nitrogens with one attached hydrogen (secondary N) is 2. The molecule has 1 heterocycles. The fraction of sp³-hybridized carbons (Fsp3) is 0.500. The maximum Gasteiger partial charge on any atom is 0.315 e. The van der Waals surface area contributed by atoms with Gasteiger partial charge in [-0.1, -0.05) is 13.0 Å². The van der Waals surface area contributed by atoms with Crippen molar-refractivity contribution in [2.24, 2.45) is 0 Å². The smallest absolute Gasteiger partial charge is 0.315 e. The van der Waals surface area contributed by atoms with Crippen LogP contribution in [0.15, 0.2) is 17.5 Å². The van der Waals surface area contributed by atoms with Crippen LogP contribution in [-0.4, -0.2) is 12.6 Å². The van der Waals surface area contributed by atoms with Gasteiger partial charge in [0.2, 0.25) is 0 Å². The zero-order valence-corrected chi connectivity index (χ0v) is 9.36.